The van der Waals surface area contributed by atoms with Crippen LogP contribution in [0.15, 0.2) is 72.9 Å². The number of amides is 2. The second kappa shape index (κ2) is 11.0. The minimum Gasteiger partial charge on any atom is -0.318 e. The van der Waals surface area contributed by atoms with Crippen LogP contribution in [0.4, 0.5) is 29.6 Å². The summed E-state index contributed by atoms with van der Waals surface area (Å²) in [6, 6.07) is 17.0. The second-order valence-corrected chi connectivity index (χ2v) is 10.4. The molecule has 14 heteroatoms. The fourth-order valence-electron chi connectivity index (χ4n) is 3.82. The van der Waals surface area contributed by atoms with E-state index >= 15 is 0 Å². The predicted octanol–water partition coefficient (Wildman–Crippen LogP) is 5.40. The van der Waals surface area contributed by atoms with Crippen LogP contribution < -0.4 is 15.5 Å². The number of hydrogen-bond donors (Lipinski definition) is 2. The van der Waals surface area contributed by atoms with Gasteiger partial charge in [-0.05, 0) is 50.6 Å². The summed E-state index contributed by atoms with van der Waals surface area (Å²) in [6.07, 6.45) is -2.92. The Morgan fingerprint density at radius 1 is 0.952 bits per heavy atom. The van der Waals surface area contributed by atoms with Gasteiger partial charge in [-0.15, -0.1) is 10.2 Å². The van der Waals surface area contributed by atoms with Gasteiger partial charge in [-0.25, -0.2) is 19.3 Å². The Morgan fingerprint density at radius 3 is 2.43 bits per heavy atom. The highest BCUT2D eigenvalue weighted by atomic mass is 19.4. The summed E-state index contributed by atoms with van der Waals surface area (Å²) in [6.45, 7) is 5.53. The first-order chi connectivity index (χ1) is 19.9. The van der Waals surface area contributed by atoms with Gasteiger partial charge in [0, 0.05) is 10.9 Å². The molecule has 11 nitrogen and oxygen atoms in total. The summed E-state index contributed by atoms with van der Waals surface area (Å²) in [5.41, 5.74) is 0.548. The van der Waals surface area contributed by atoms with E-state index in [9.17, 15) is 22.8 Å². The molecule has 0 aliphatic carbocycles. The summed E-state index contributed by atoms with van der Waals surface area (Å²) in [5.74, 6) is -0.917. The molecule has 0 fully saturated rings. The molecule has 0 bridgehead atoms. The van der Waals surface area contributed by atoms with Gasteiger partial charge in [-0.2, -0.15) is 13.2 Å². The molecular weight excluding hydrogens is 553 g/mol. The number of fused-ring (bicyclic) bond motifs is 1. The molecule has 0 unspecified atom stereocenters. The highest BCUT2D eigenvalue weighted by molar-refractivity contribution is 6.05. The minimum absolute atomic E-state index is 0.0188. The largest absolute Gasteiger partial charge is 0.433 e. The van der Waals surface area contributed by atoms with E-state index in [1.54, 1.807) is 49.8 Å². The number of halogens is 3. The Bertz CT molecular complexity index is 1760. The van der Waals surface area contributed by atoms with Crippen molar-refractivity contribution in [2.75, 3.05) is 10.6 Å². The van der Waals surface area contributed by atoms with Gasteiger partial charge >= 0.3 is 18.2 Å². The van der Waals surface area contributed by atoms with E-state index in [0.29, 0.717) is 28.7 Å². The number of benzene rings is 2. The smallest absolute Gasteiger partial charge is 0.318 e. The van der Waals surface area contributed by atoms with Gasteiger partial charge in [0.15, 0.2) is 5.82 Å². The lowest BCUT2D eigenvalue weighted by Crippen LogP contribution is -2.32. The Balaban J connectivity index is 1.45. The molecule has 3 heterocycles. The number of hydrogen-bond acceptors (Lipinski definition) is 7. The van der Waals surface area contributed by atoms with Crippen molar-refractivity contribution in [3.05, 3.63) is 84.2 Å². The number of carbonyl (C=O) groups is 2. The highest BCUT2D eigenvalue weighted by Crippen LogP contribution is 2.30. The van der Waals surface area contributed by atoms with Crippen molar-refractivity contribution in [1.82, 2.24) is 29.9 Å². The molecule has 2 N–H and O–H groups in total. The zero-order valence-corrected chi connectivity index (χ0v) is 22.7. The lowest BCUT2D eigenvalue weighted by Gasteiger charge is -2.15. The van der Waals surface area contributed by atoms with Gasteiger partial charge in [-0.3, -0.25) is 10.6 Å². The van der Waals surface area contributed by atoms with Crippen LogP contribution in [0.5, 0.6) is 0 Å². The van der Waals surface area contributed by atoms with Crippen LogP contribution in [0.3, 0.4) is 0 Å². The molecule has 0 aliphatic rings. The first-order valence-electron chi connectivity index (χ1n) is 12.7. The number of aromatic nitrogens is 6. The van der Waals surface area contributed by atoms with Gasteiger partial charge in [0.25, 0.3) is 0 Å². The molecule has 3 aromatic heterocycles. The van der Waals surface area contributed by atoms with E-state index in [2.05, 4.69) is 31.0 Å². The van der Waals surface area contributed by atoms with Gasteiger partial charge in [0.1, 0.15) is 22.7 Å². The molecule has 0 saturated heterocycles. The van der Waals surface area contributed by atoms with E-state index in [1.807, 2.05) is 30.3 Å². The van der Waals surface area contributed by atoms with E-state index < -0.39 is 29.3 Å². The molecule has 0 spiro atoms. The van der Waals surface area contributed by atoms with Gasteiger partial charge < -0.3 is 4.84 Å². The minimum atomic E-state index is -4.68. The molecular formula is C28H25F3N8O3. The molecule has 0 aliphatic heterocycles. The third-order valence-corrected chi connectivity index (χ3v) is 5.97. The number of rotatable bonds is 6. The fourth-order valence-corrected chi connectivity index (χ4v) is 3.82. The van der Waals surface area contributed by atoms with Crippen LogP contribution in [0.2, 0.25) is 0 Å². The van der Waals surface area contributed by atoms with Gasteiger partial charge in [0.05, 0.1) is 18.2 Å². The van der Waals surface area contributed by atoms with Gasteiger partial charge in [-0.1, -0.05) is 52.5 Å². The van der Waals surface area contributed by atoms with Crippen molar-refractivity contribution in [2.45, 2.75) is 33.5 Å². The van der Waals surface area contributed by atoms with E-state index in [4.69, 9.17) is 4.84 Å². The average Bonchev–Trinajstić information content (AvgIpc) is 3.53. The normalized spacial score (nSPS) is 11.9. The third-order valence-electron chi connectivity index (χ3n) is 5.97. The van der Waals surface area contributed by atoms with Crippen LogP contribution in [0.25, 0.3) is 22.2 Å². The molecule has 0 atom stereocenters. The molecule has 2 amide bonds. The fraction of sp³-hybridized carbons (Fsp3) is 0.214. The zero-order valence-electron chi connectivity index (χ0n) is 22.7. The Morgan fingerprint density at radius 2 is 1.71 bits per heavy atom. The lowest BCUT2D eigenvalue weighted by molar-refractivity contribution is -0.154. The Kier molecular flexibility index (Phi) is 7.37. The number of carbonyl (C=O) groups excluding carboxylic acids is 2. The molecule has 2 aromatic carbocycles. The number of alkyl halides is 3. The lowest BCUT2D eigenvalue weighted by atomic mass is 9.98. The van der Waals surface area contributed by atoms with Crippen molar-refractivity contribution in [2.24, 2.45) is 5.41 Å². The maximum atomic E-state index is 13.0. The van der Waals surface area contributed by atoms with Crippen LogP contribution in [-0.2, 0) is 17.5 Å². The van der Waals surface area contributed by atoms with Crippen molar-refractivity contribution < 1.29 is 27.6 Å². The third kappa shape index (κ3) is 6.37. The van der Waals surface area contributed by atoms with Crippen LogP contribution in [-0.4, -0.2) is 41.9 Å². The SMILES string of the molecule is CC(C)(C)C(=O)On1nc(NC(=O)Nc2cccc(C(F)(F)F)n2)c2cc(-c3cn(Cc4ccccc4)nn3)ccc21. The Hall–Kier alpha value is -5.27. The molecule has 42 heavy (non-hydrogen) atoms. The summed E-state index contributed by atoms with van der Waals surface area (Å²) in [4.78, 5) is 35.3. The van der Waals surface area contributed by atoms with Crippen LogP contribution in [0, 0.1) is 5.41 Å². The molecule has 0 radical (unpaired) electrons. The van der Waals surface area contributed by atoms with E-state index in [0.717, 1.165) is 22.5 Å². The van der Waals surface area contributed by atoms with Crippen LogP contribution in [0.1, 0.15) is 32.0 Å². The summed E-state index contributed by atoms with van der Waals surface area (Å²) in [7, 11) is 0. The number of nitrogens with zero attached hydrogens (tertiary/aromatic N) is 6. The topological polar surface area (TPSA) is 129 Å². The standard InChI is InChI=1S/C28H25F3N8O3/c1-27(2,3)25(40)42-39-21-13-12-18(20-16-38(37-35-20)15-17-8-5-4-6-9-17)14-19(21)24(36-39)34-26(41)33-23-11-7-10-22(32-23)28(29,30)31/h4-14,16H,15H2,1-3H3,(H2,32,33,34,36,41). The molecule has 5 aromatic rings. The highest BCUT2D eigenvalue weighted by Gasteiger charge is 2.32. The van der Waals surface area contributed by atoms with E-state index in [-0.39, 0.29) is 11.6 Å². The first kappa shape index (κ1) is 28.3. The number of nitrogens with one attached hydrogen (secondary N) is 2. The van der Waals surface area contributed by atoms with Crippen molar-refractivity contribution in [3.63, 3.8) is 0 Å². The van der Waals surface area contributed by atoms with Crippen molar-refractivity contribution >= 4 is 34.5 Å². The van der Waals surface area contributed by atoms with Crippen LogP contribution >= 0.6 is 0 Å². The maximum Gasteiger partial charge on any atom is 0.433 e. The Labute approximate surface area is 237 Å². The summed E-state index contributed by atoms with van der Waals surface area (Å²) in [5, 5.41) is 17.8. The monoisotopic (exact) mass is 578 g/mol. The van der Waals surface area contributed by atoms with Crippen molar-refractivity contribution in [1.29, 1.82) is 0 Å². The molecule has 5 rings (SSSR count). The van der Waals surface area contributed by atoms with Gasteiger partial charge in [0.2, 0.25) is 0 Å². The number of anilines is 2. The molecule has 216 valence electrons. The predicted molar refractivity (Wildman–Crippen MR) is 147 cm³/mol. The summed E-state index contributed by atoms with van der Waals surface area (Å²) >= 11 is 0. The average molecular weight is 579 g/mol. The summed E-state index contributed by atoms with van der Waals surface area (Å²) < 4.78 is 40.8. The maximum absolute atomic E-state index is 13.0. The second-order valence-electron chi connectivity index (χ2n) is 10.4. The van der Waals surface area contributed by atoms with Crippen molar-refractivity contribution in [3.8, 4) is 11.3 Å². The van der Waals surface area contributed by atoms with E-state index in [1.165, 1.54) is 6.07 Å². The number of pyridine rings is 1. The molecule has 0 saturated carbocycles. The quantitative estimate of drug-likeness (QED) is 0.276. The first-order valence-corrected chi connectivity index (χ1v) is 12.7. The zero-order chi connectivity index (χ0) is 30.1. The number of urea groups is 1.